The second kappa shape index (κ2) is 8.32. The number of carbonyl (C=O) groups excluding carboxylic acids is 1. The third-order valence-electron chi connectivity index (χ3n) is 5.41. The van der Waals surface area contributed by atoms with Crippen LogP contribution < -0.4 is 0 Å². The number of rotatable bonds is 6. The molecule has 2 heteroatoms. The minimum atomic E-state index is 0.265. The van der Waals surface area contributed by atoms with Crippen LogP contribution in [-0.4, -0.2) is 23.8 Å². The van der Waals surface area contributed by atoms with Gasteiger partial charge in [-0.1, -0.05) is 84.9 Å². The maximum Gasteiger partial charge on any atom is 0.163 e. The molecule has 4 rings (SSSR count). The van der Waals surface area contributed by atoms with Gasteiger partial charge in [-0.25, -0.2) is 0 Å². The van der Waals surface area contributed by atoms with Crippen molar-refractivity contribution in [1.29, 1.82) is 0 Å². The number of carbonyl (C=O) groups is 1. The predicted octanol–water partition coefficient (Wildman–Crippen LogP) is 5.45. The average molecular weight is 355 g/mol. The summed E-state index contributed by atoms with van der Waals surface area (Å²) in [4.78, 5) is 15.2. The topological polar surface area (TPSA) is 20.3 Å². The van der Waals surface area contributed by atoms with E-state index < -0.39 is 0 Å². The molecule has 1 fully saturated rings. The van der Waals surface area contributed by atoms with E-state index in [-0.39, 0.29) is 5.78 Å². The molecule has 2 nitrogen and oxygen atoms in total. The van der Waals surface area contributed by atoms with Gasteiger partial charge in [0.05, 0.1) is 0 Å². The summed E-state index contributed by atoms with van der Waals surface area (Å²) in [7, 11) is 0. The average Bonchev–Trinajstić information content (AvgIpc) is 3.16. The summed E-state index contributed by atoms with van der Waals surface area (Å²) < 4.78 is 0. The number of likely N-dealkylation sites (tertiary alicyclic amines) is 1. The third-order valence-corrected chi connectivity index (χ3v) is 5.41. The summed E-state index contributed by atoms with van der Waals surface area (Å²) in [5, 5.41) is 0. The van der Waals surface area contributed by atoms with E-state index in [1.807, 2.05) is 30.3 Å². The maximum absolute atomic E-state index is 12.7. The van der Waals surface area contributed by atoms with E-state index in [1.54, 1.807) is 0 Å². The first-order chi connectivity index (χ1) is 13.3. The lowest BCUT2D eigenvalue weighted by Gasteiger charge is -2.16. The van der Waals surface area contributed by atoms with Crippen LogP contribution in [0.25, 0.3) is 11.1 Å². The predicted molar refractivity (Wildman–Crippen MR) is 111 cm³/mol. The Hall–Kier alpha value is -2.71. The molecule has 136 valence electrons. The van der Waals surface area contributed by atoms with Gasteiger partial charge in [0, 0.05) is 25.1 Å². The molecule has 27 heavy (non-hydrogen) atoms. The molecule has 0 amide bonds. The fourth-order valence-corrected chi connectivity index (χ4v) is 3.92. The molecule has 0 bridgehead atoms. The lowest BCUT2D eigenvalue weighted by Crippen LogP contribution is -2.20. The number of hydrogen-bond donors (Lipinski definition) is 0. The molecular formula is C25H25NO. The molecule has 0 N–H and O–H groups in total. The summed E-state index contributed by atoms with van der Waals surface area (Å²) in [6, 6.07) is 28.9. The van der Waals surface area contributed by atoms with E-state index in [4.69, 9.17) is 0 Å². The molecule has 3 aromatic rings. The molecule has 0 aromatic heterocycles. The lowest BCUT2D eigenvalue weighted by molar-refractivity contribution is 0.0962. The Kier molecular flexibility index (Phi) is 5.45. The van der Waals surface area contributed by atoms with Gasteiger partial charge >= 0.3 is 0 Å². The molecule has 0 saturated carbocycles. The van der Waals surface area contributed by atoms with Gasteiger partial charge in [-0.2, -0.15) is 0 Å². The molecule has 1 unspecified atom stereocenters. The fourth-order valence-electron chi connectivity index (χ4n) is 3.92. The maximum atomic E-state index is 12.7. The quantitative estimate of drug-likeness (QED) is 0.548. The van der Waals surface area contributed by atoms with E-state index in [1.165, 1.54) is 11.1 Å². The van der Waals surface area contributed by atoms with Crippen molar-refractivity contribution in [1.82, 2.24) is 4.90 Å². The number of Topliss-reactive ketones (excluding diaryl/α,β-unsaturated/α-hetero) is 1. The third kappa shape index (κ3) is 4.53. The Bertz CT molecular complexity index is 871. The van der Waals surface area contributed by atoms with Crippen molar-refractivity contribution in [2.24, 2.45) is 5.92 Å². The van der Waals surface area contributed by atoms with Crippen LogP contribution in [0.5, 0.6) is 0 Å². The summed E-state index contributed by atoms with van der Waals surface area (Å²) >= 11 is 0. The van der Waals surface area contributed by atoms with Crippen molar-refractivity contribution in [3.05, 3.63) is 96.1 Å². The van der Waals surface area contributed by atoms with Crippen molar-refractivity contribution in [3.63, 3.8) is 0 Å². The van der Waals surface area contributed by atoms with E-state index in [0.717, 1.165) is 37.2 Å². The molecule has 3 aromatic carbocycles. The Morgan fingerprint density at radius 2 is 1.44 bits per heavy atom. The van der Waals surface area contributed by atoms with E-state index >= 15 is 0 Å². The first-order valence-electron chi connectivity index (χ1n) is 9.73. The minimum Gasteiger partial charge on any atom is -0.299 e. The normalized spacial score (nSPS) is 17.1. The molecule has 0 radical (unpaired) electrons. The highest BCUT2D eigenvalue weighted by molar-refractivity contribution is 5.96. The van der Waals surface area contributed by atoms with Crippen LogP contribution in [0.4, 0.5) is 0 Å². The Balaban J connectivity index is 1.33. The minimum absolute atomic E-state index is 0.265. The van der Waals surface area contributed by atoms with Gasteiger partial charge in [-0.05, 0) is 35.6 Å². The summed E-state index contributed by atoms with van der Waals surface area (Å²) in [5.74, 6) is 0.733. The van der Waals surface area contributed by atoms with Crippen molar-refractivity contribution >= 4 is 5.78 Å². The van der Waals surface area contributed by atoms with Crippen molar-refractivity contribution in [3.8, 4) is 11.1 Å². The van der Waals surface area contributed by atoms with Crippen LogP contribution in [-0.2, 0) is 6.54 Å². The summed E-state index contributed by atoms with van der Waals surface area (Å²) in [6.45, 7) is 3.08. The second-order valence-electron chi connectivity index (χ2n) is 7.45. The zero-order valence-corrected chi connectivity index (χ0v) is 15.6. The van der Waals surface area contributed by atoms with Crippen molar-refractivity contribution < 1.29 is 4.79 Å². The molecule has 1 heterocycles. The van der Waals surface area contributed by atoms with E-state index in [2.05, 4.69) is 59.5 Å². The highest BCUT2D eigenvalue weighted by atomic mass is 16.1. The lowest BCUT2D eigenvalue weighted by atomic mass is 9.96. The standard InChI is InChI=1S/C25H25NO/c27-25(24-13-11-23(12-14-24)22-9-5-2-6-10-22)17-21-15-16-26(19-21)18-20-7-3-1-4-8-20/h1-14,21H,15-19H2. The molecule has 1 atom stereocenters. The number of benzene rings is 3. The Labute approximate surface area is 161 Å². The monoisotopic (exact) mass is 355 g/mol. The molecule has 1 saturated heterocycles. The molecular weight excluding hydrogens is 330 g/mol. The highest BCUT2D eigenvalue weighted by Gasteiger charge is 2.24. The van der Waals surface area contributed by atoms with Crippen LogP contribution in [0.3, 0.4) is 0 Å². The smallest absolute Gasteiger partial charge is 0.163 e. The molecule has 0 spiro atoms. The zero-order chi connectivity index (χ0) is 18.5. The van der Waals surface area contributed by atoms with E-state index in [9.17, 15) is 4.79 Å². The molecule has 1 aliphatic heterocycles. The largest absolute Gasteiger partial charge is 0.299 e. The van der Waals surface area contributed by atoms with Gasteiger partial charge in [0.15, 0.2) is 5.78 Å². The van der Waals surface area contributed by atoms with Gasteiger partial charge in [0.25, 0.3) is 0 Å². The fraction of sp³-hybridized carbons (Fsp3) is 0.240. The van der Waals surface area contributed by atoms with Crippen molar-refractivity contribution in [2.45, 2.75) is 19.4 Å². The Morgan fingerprint density at radius 3 is 2.15 bits per heavy atom. The van der Waals surface area contributed by atoms with E-state index in [0.29, 0.717) is 12.3 Å². The van der Waals surface area contributed by atoms with Gasteiger partial charge < -0.3 is 0 Å². The van der Waals surface area contributed by atoms with Gasteiger partial charge in [-0.3, -0.25) is 9.69 Å². The number of ketones is 1. The van der Waals surface area contributed by atoms with Gasteiger partial charge in [-0.15, -0.1) is 0 Å². The van der Waals surface area contributed by atoms with Gasteiger partial charge in [0.1, 0.15) is 0 Å². The summed E-state index contributed by atoms with van der Waals surface area (Å²) in [6.07, 6.45) is 1.76. The SMILES string of the molecule is O=C(CC1CCN(Cc2ccccc2)C1)c1ccc(-c2ccccc2)cc1. The molecule has 0 aliphatic carbocycles. The second-order valence-corrected chi connectivity index (χ2v) is 7.45. The van der Waals surface area contributed by atoms with Crippen LogP contribution in [0.1, 0.15) is 28.8 Å². The zero-order valence-electron chi connectivity index (χ0n) is 15.6. The van der Waals surface area contributed by atoms with Crippen molar-refractivity contribution in [2.75, 3.05) is 13.1 Å². The first kappa shape index (κ1) is 17.7. The van der Waals surface area contributed by atoms with Crippen LogP contribution in [0.15, 0.2) is 84.9 Å². The van der Waals surface area contributed by atoms with Crippen LogP contribution in [0, 0.1) is 5.92 Å². The van der Waals surface area contributed by atoms with Gasteiger partial charge in [0.2, 0.25) is 0 Å². The highest BCUT2D eigenvalue weighted by Crippen LogP contribution is 2.24. The first-order valence-corrected chi connectivity index (χ1v) is 9.73. The summed E-state index contributed by atoms with van der Waals surface area (Å²) in [5.41, 5.74) is 4.52. The number of nitrogens with zero attached hydrogens (tertiary/aromatic N) is 1. The van der Waals surface area contributed by atoms with Crippen LogP contribution >= 0.6 is 0 Å². The molecule has 1 aliphatic rings. The number of hydrogen-bond acceptors (Lipinski definition) is 2. The Morgan fingerprint density at radius 1 is 0.815 bits per heavy atom. The van der Waals surface area contributed by atoms with Crippen LogP contribution in [0.2, 0.25) is 0 Å².